The third-order valence-electron chi connectivity index (χ3n) is 4.84. The second-order valence-electron chi connectivity index (χ2n) is 6.47. The highest BCUT2D eigenvalue weighted by atomic mass is 16.5. The molecule has 2 aliphatic rings. The molecule has 0 N–H and O–H groups in total. The Balaban J connectivity index is 1.43. The van der Waals surface area contributed by atoms with Crippen molar-refractivity contribution in [1.29, 1.82) is 5.26 Å². The van der Waals surface area contributed by atoms with Gasteiger partial charge in [0.15, 0.2) is 0 Å². The van der Waals surface area contributed by atoms with Gasteiger partial charge in [-0.3, -0.25) is 0 Å². The number of hydrogen-bond acceptors (Lipinski definition) is 3. The van der Waals surface area contributed by atoms with Crippen LogP contribution in [0.25, 0.3) is 0 Å². The molecular formula is C22H20N2O. The molecule has 1 aliphatic heterocycles. The first kappa shape index (κ1) is 15.5. The molecule has 1 aliphatic carbocycles. The zero-order chi connectivity index (χ0) is 17.1. The molecule has 0 radical (unpaired) electrons. The Bertz CT molecular complexity index is 889. The maximum Gasteiger partial charge on any atom is 0.120 e. The van der Waals surface area contributed by atoms with Crippen LogP contribution in [0.5, 0.6) is 5.75 Å². The van der Waals surface area contributed by atoms with E-state index in [0.717, 1.165) is 37.2 Å². The summed E-state index contributed by atoms with van der Waals surface area (Å²) in [5, 5.41) is 8.99. The molecule has 1 heterocycles. The first-order valence-corrected chi connectivity index (χ1v) is 8.69. The van der Waals surface area contributed by atoms with Crippen LogP contribution in [0.15, 0.2) is 66.4 Å². The van der Waals surface area contributed by atoms with Crippen molar-refractivity contribution in [3.63, 3.8) is 0 Å². The van der Waals surface area contributed by atoms with Crippen LogP contribution in [-0.2, 0) is 19.4 Å². The minimum absolute atomic E-state index is 0.484. The van der Waals surface area contributed by atoms with Gasteiger partial charge in [0.1, 0.15) is 12.4 Å². The standard InChI is InChI=1S/C22H20N2O/c23-15-17-3-1-4-18(13-17)16-25-22-8-7-19-9-11-24(21-5-2-6-21)12-10-20(19)14-22/h1-8,13-14H,9-12,16H2. The molecule has 25 heavy (non-hydrogen) atoms. The Kier molecular flexibility index (Phi) is 4.26. The maximum atomic E-state index is 8.99. The van der Waals surface area contributed by atoms with Crippen molar-refractivity contribution in [2.75, 3.05) is 13.1 Å². The van der Waals surface area contributed by atoms with Crippen molar-refractivity contribution < 1.29 is 4.74 Å². The van der Waals surface area contributed by atoms with Crippen LogP contribution in [0.4, 0.5) is 0 Å². The van der Waals surface area contributed by atoms with Gasteiger partial charge in [-0.05, 0) is 65.9 Å². The third kappa shape index (κ3) is 3.44. The molecule has 124 valence electrons. The average Bonchev–Trinajstić information content (AvgIpc) is 2.81. The van der Waals surface area contributed by atoms with E-state index in [0.29, 0.717) is 12.2 Å². The van der Waals surface area contributed by atoms with Gasteiger partial charge in [-0.25, -0.2) is 0 Å². The molecule has 0 bridgehead atoms. The number of fused-ring (bicyclic) bond motifs is 1. The quantitative estimate of drug-likeness (QED) is 0.851. The van der Waals surface area contributed by atoms with Crippen LogP contribution in [-0.4, -0.2) is 18.0 Å². The van der Waals surface area contributed by atoms with E-state index in [-0.39, 0.29) is 0 Å². The lowest BCUT2D eigenvalue weighted by Gasteiger charge is -2.26. The van der Waals surface area contributed by atoms with Gasteiger partial charge >= 0.3 is 0 Å². The molecule has 3 nitrogen and oxygen atoms in total. The van der Waals surface area contributed by atoms with Gasteiger partial charge in [-0.15, -0.1) is 0 Å². The number of allylic oxidation sites excluding steroid dienone is 3. The second kappa shape index (κ2) is 6.86. The van der Waals surface area contributed by atoms with Crippen LogP contribution in [0.3, 0.4) is 0 Å². The summed E-state index contributed by atoms with van der Waals surface area (Å²) in [4.78, 5) is 2.45. The van der Waals surface area contributed by atoms with E-state index in [1.54, 1.807) is 0 Å². The molecule has 2 aromatic carbocycles. The molecule has 0 atom stereocenters. The lowest BCUT2D eigenvalue weighted by molar-refractivity contribution is 0.306. The summed E-state index contributed by atoms with van der Waals surface area (Å²) in [6.45, 7) is 2.61. The molecule has 0 unspecified atom stereocenters. The van der Waals surface area contributed by atoms with E-state index in [4.69, 9.17) is 10.00 Å². The molecule has 0 aromatic heterocycles. The summed E-state index contributed by atoms with van der Waals surface area (Å²) in [5.41, 5.74) is 5.84. The number of nitrogens with zero attached hydrogens (tertiary/aromatic N) is 2. The highest BCUT2D eigenvalue weighted by Gasteiger charge is 2.16. The number of nitriles is 1. The monoisotopic (exact) mass is 328 g/mol. The third-order valence-corrected chi connectivity index (χ3v) is 4.84. The number of hydrogen-bond donors (Lipinski definition) is 0. The van der Waals surface area contributed by atoms with Crippen LogP contribution in [0.1, 0.15) is 22.3 Å². The minimum Gasteiger partial charge on any atom is -0.489 e. The van der Waals surface area contributed by atoms with Crippen LogP contribution < -0.4 is 4.74 Å². The van der Waals surface area contributed by atoms with E-state index >= 15 is 0 Å². The van der Waals surface area contributed by atoms with Crippen molar-refractivity contribution in [2.24, 2.45) is 0 Å². The number of rotatable bonds is 4. The molecule has 0 saturated carbocycles. The summed E-state index contributed by atoms with van der Waals surface area (Å²) in [5.74, 6) is 0.900. The lowest BCUT2D eigenvalue weighted by Crippen LogP contribution is -2.26. The average molecular weight is 328 g/mol. The van der Waals surface area contributed by atoms with E-state index in [2.05, 4.69) is 47.4 Å². The SMILES string of the molecule is N#Cc1cccc(COc2ccc3c(c2)CCN(C2=CC=C2)CC3)c1. The minimum atomic E-state index is 0.484. The predicted molar refractivity (Wildman–Crippen MR) is 98.1 cm³/mol. The van der Waals surface area contributed by atoms with Crippen molar-refractivity contribution in [2.45, 2.75) is 19.4 Å². The van der Waals surface area contributed by atoms with Gasteiger partial charge in [0, 0.05) is 18.8 Å². The number of benzene rings is 2. The van der Waals surface area contributed by atoms with Crippen molar-refractivity contribution in [3.05, 3.63) is 88.6 Å². The van der Waals surface area contributed by atoms with Crippen molar-refractivity contribution in [3.8, 4) is 11.8 Å². The summed E-state index contributed by atoms with van der Waals surface area (Å²) in [6.07, 6.45) is 8.58. The zero-order valence-corrected chi connectivity index (χ0v) is 14.1. The fourth-order valence-electron chi connectivity index (χ4n) is 3.34. The summed E-state index contributed by atoms with van der Waals surface area (Å²) in [6, 6.07) is 16.2. The Morgan fingerprint density at radius 2 is 1.88 bits per heavy atom. The van der Waals surface area contributed by atoms with Crippen molar-refractivity contribution in [1.82, 2.24) is 4.90 Å². The molecule has 0 saturated heterocycles. The van der Waals surface area contributed by atoms with Gasteiger partial charge in [-0.1, -0.05) is 24.3 Å². The highest BCUT2D eigenvalue weighted by Crippen LogP contribution is 2.25. The summed E-state index contributed by atoms with van der Waals surface area (Å²) >= 11 is 0. The Morgan fingerprint density at radius 1 is 1.04 bits per heavy atom. The number of ether oxygens (including phenoxy) is 1. The molecule has 3 heteroatoms. The molecule has 0 spiro atoms. The maximum absolute atomic E-state index is 8.99. The lowest BCUT2D eigenvalue weighted by atomic mass is 10.0. The van der Waals surface area contributed by atoms with Crippen LogP contribution in [0.2, 0.25) is 0 Å². The smallest absolute Gasteiger partial charge is 0.120 e. The van der Waals surface area contributed by atoms with Gasteiger partial charge in [0.2, 0.25) is 0 Å². The Labute approximate surface area is 148 Å². The molecule has 0 amide bonds. The van der Waals surface area contributed by atoms with Gasteiger partial charge in [-0.2, -0.15) is 5.26 Å². The van der Waals surface area contributed by atoms with E-state index in [1.165, 1.54) is 16.8 Å². The predicted octanol–water partition coefficient (Wildman–Crippen LogP) is 3.99. The summed E-state index contributed by atoms with van der Waals surface area (Å²) < 4.78 is 5.96. The molecule has 0 fully saturated rings. The Hall–Kier alpha value is -2.99. The normalized spacial score (nSPS) is 15.5. The first-order chi connectivity index (χ1) is 12.3. The van der Waals surface area contributed by atoms with Crippen molar-refractivity contribution >= 4 is 0 Å². The van der Waals surface area contributed by atoms with Crippen LogP contribution >= 0.6 is 0 Å². The largest absolute Gasteiger partial charge is 0.489 e. The van der Waals surface area contributed by atoms with Gasteiger partial charge in [0.25, 0.3) is 0 Å². The highest BCUT2D eigenvalue weighted by molar-refractivity contribution is 5.39. The summed E-state index contributed by atoms with van der Waals surface area (Å²) in [7, 11) is 0. The first-order valence-electron chi connectivity index (χ1n) is 8.69. The Morgan fingerprint density at radius 3 is 2.64 bits per heavy atom. The van der Waals surface area contributed by atoms with E-state index in [1.807, 2.05) is 24.3 Å². The molecule has 4 rings (SSSR count). The second-order valence-corrected chi connectivity index (χ2v) is 6.47. The van der Waals surface area contributed by atoms with E-state index < -0.39 is 0 Å². The zero-order valence-electron chi connectivity index (χ0n) is 14.1. The molecular weight excluding hydrogens is 308 g/mol. The topological polar surface area (TPSA) is 36.3 Å². The van der Waals surface area contributed by atoms with E-state index in [9.17, 15) is 0 Å². The van der Waals surface area contributed by atoms with Crippen LogP contribution in [0, 0.1) is 11.3 Å². The fourth-order valence-corrected chi connectivity index (χ4v) is 3.34. The van der Waals surface area contributed by atoms with Gasteiger partial charge < -0.3 is 9.64 Å². The van der Waals surface area contributed by atoms with Gasteiger partial charge in [0.05, 0.1) is 11.6 Å². The molecule has 2 aromatic rings. The fraction of sp³-hybridized carbons (Fsp3) is 0.227.